The number of nitrogens with zero attached hydrogens (tertiary/aromatic N) is 1. The molecule has 92 valence electrons. The highest BCUT2D eigenvalue weighted by atomic mass is 19.1. The maximum atomic E-state index is 13.1. The van der Waals surface area contributed by atoms with E-state index in [0.717, 1.165) is 6.20 Å². The molecule has 1 aromatic carbocycles. The van der Waals surface area contributed by atoms with Crippen LogP contribution in [0.25, 0.3) is 11.4 Å². The number of rotatable bonds is 2. The van der Waals surface area contributed by atoms with Crippen molar-refractivity contribution in [2.24, 2.45) is 0 Å². The molecule has 2 rings (SSSR count). The summed E-state index contributed by atoms with van der Waals surface area (Å²) in [5.74, 6) is -1.50. The Balaban J connectivity index is 2.52. The fourth-order valence-corrected chi connectivity index (χ4v) is 1.49. The molecule has 0 saturated carbocycles. The van der Waals surface area contributed by atoms with E-state index in [1.807, 2.05) is 0 Å². The number of aromatic amines is 1. The molecule has 0 saturated heterocycles. The molecule has 0 spiro atoms. The van der Waals surface area contributed by atoms with Gasteiger partial charge < -0.3 is 10.1 Å². The van der Waals surface area contributed by atoms with Crippen molar-refractivity contribution in [1.29, 1.82) is 0 Å². The van der Waals surface area contributed by atoms with E-state index in [1.165, 1.54) is 18.2 Å². The van der Waals surface area contributed by atoms with Crippen LogP contribution in [0.2, 0.25) is 0 Å². The van der Waals surface area contributed by atoms with Gasteiger partial charge in [-0.05, 0) is 30.7 Å². The zero-order valence-corrected chi connectivity index (χ0v) is 9.40. The van der Waals surface area contributed by atoms with Gasteiger partial charge in [-0.3, -0.25) is 4.79 Å². The van der Waals surface area contributed by atoms with E-state index in [1.54, 1.807) is 6.92 Å². The van der Waals surface area contributed by atoms with E-state index < -0.39 is 17.1 Å². The van der Waals surface area contributed by atoms with E-state index >= 15 is 0 Å². The van der Waals surface area contributed by atoms with Crippen molar-refractivity contribution >= 4 is 5.97 Å². The normalized spacial score (nSPS) is 10.3. The van der Waals surface area contributed by atoms with Gasteiger partial charge in [-0.15, -0.1) is 0 Å². The number of halogens is 1. The molecule has 0 amide bonds. The predicted octanol–water partition coefficient (Wildman–Crippen LogP) is 1.58. The van der Waals surface area contributed by atoms with E-state index in [0.29, 0.717) is 11.1 Å². The number of carboxylic acids is 1. The largest absolute Gasteiger partial charge is 0.477 e. The van der Waals surface area contributed by atoms with Gasteiger partial charge in [0.05, 0.1) is 0 Å². The Hall–Kier alpha value is -2.50. The molecule has 1 aromatic heterocycles. The highest BCUT2D eigenvalue weighted by Gasteiger charge is 2.11. The average molecular weight is 248 g/mol. The standard InChI is InChI=1S/C12H9FN2O3/c1-6-4-7(2-3-9(6)13)10-14-5-8(12(17)18)11(16)15-10/h2-5H,1H3,(H,17,18)(H,14,15,16). The van der Waals surface area contributed by atoms with Crippen LogP contribution in [0.15, 0.2) is 29.2 Å². The number of H-pyrrole nitrogens is 1. The van der Waals surface area contributed by atoms with E-state index in [4.69, 9.17) is 5.11 Å². The smallest absolute Gasteiger partial charge is 0.342 e. The van der Waals surface area contributed by atoms with Crippen molar-refractivity contribution in [3.63, 3.8) is 0 Å². The highest BCUT2D eigenvalue weighted by Crippen LogP contribution is 2.17. The summed E-state index contributed by atoms with van der Waals surface area (Å²) in [6.07, 6.45) is 0.981. The first kappa shape index (κ1) is 12.0. The van der Waals surface area contributed by atoms with Crippen LogP contribution in [-0.4, -0.2) is 21.0 Å². The third-order valence-electron chi connectivity index (χ3n) is 2.46. The van der Waals surface area contributed by atoms with Crippen molar-refractivity contribution in [2.45, 2.75) is 6.92 Å². The lowest BCUT2D eigenvalue weighted by Crippen LogP contribution is -2.18. The summed E-state index contributed by atoms with van der Waals surface area (Å²) >= 11 is 0. The highest BCUT2D eigenvalue weighted by molar-refractivity contribution is 5.86. The van der Waals surface area contributed by atoms with Gasteiger partial charge in [0.15, 0.2) is 0 Å². The summed E-state index contributed by atoms with van der Waals surface area (Å²) in [6.45, 7) is 1.59. The summed E-state index contributed by atoms with van der Waals surface area (Å²) in [7, 11) is 0. The number of carboxylic acid groups (broad SMARTS) is 1. The van der Waals surface area contributed by atoms with Gasteiger partial charge in [0.2, 0.25) is 0 Å². The van der Waals surface area contributed by atoms with E-state index in [2.05, 4.69) is 9.97 Å². The second kappa shape index (κ2) is 4.40. The lowest BCUT2D eigenvalue weighted by atomic mass is 10.1. The van der Waals surface area contributed by atoms with Crippen LogP contribution in [0, 0.1) is 12.7 Å². The Morgan fingerprint density at radius 1 is 1.44 bits per heavy atom. The van der Waals surface area contributed by atoms with Crippen LogP contribution in [0.3, 0.4) is 0 Å². The number of aryl methyl sites for hydroxylation is 1. The molecule has 1 heterocycles. The van der Waals surface area contributed by atoms with Crippen molar-refractivity contribution < 1.29 is 14.3 Å². The first-order valence-corrected chi connectivity index (χ1v) is 5.08. The summed E-state index contributed by atoms with van der Waals surface area (Å²) in [5.41, 5.74) is -0.243. The monoisotopic (exact) mass is 248 g/mol. The third-order valence-corrected chi connectivity index (χ3v) is 2.46. The summed E-state index contributed by atoms with van der Waals surface area (Å²) in [5, 5.41) is 8.70. The quantitative estimate of drug-likeness (QED) is 0.845. The number of hydrogen-bond acceptors (Lipinski definition) is 3. The number of aromatic nitrogens is 2. The lowest BCUT2D eigenvalue weighted by molar-refractivity contribution is 0.0694. The molecule has 0 radical (unpaired) electrons. The summed E-state index contributed by atoms with van der Waals surface area (Å²) < 4.78 is 13.1. The van der Waals surface area contributed by atoms with Crippen molar-refractivity contribution in [1.82, 2.24) is 9.97 Å². The molecule has 0 bridgehead atoms. The first-order valence-electron chi connectivity index (χ1n) is 5.08. The number of hydrogen-bond donors (Lipinski definition) is 2. The van der Waals surface area contributed by atoms with Crippen LogP contribution in [0.1, 0.15) is 15.9 Å². The molecule has 6 heteroatoms. The van der Waals surface area contributed by atoms with Gasteiger partial charge in [0.25, 0.3) is 5.56 Å². The Morgan fingerprint density at radius 2 is 2.17 bits per heavy atom. The van der Waals surface area contributed by atoms with Crippen LogP contribution < -0.4 is 5.56 Å². The molecule has 2 aromatic rings. The molecule has 0 aliphatic heterocycles. The Kier molecular flexibility index (Phi) is 2.93. The number of aromatic carboxylic acids is 1. The van der Waals surface area contributed by atoms with Gasteiger partial charge in [-0.1, -0.05) is 0 Å². The Bertz CT molecular complexity index is 679. The van der Waals surface area contributed by atoms with Gasteiger partial charge in [0.1, 0.15) is 17.2 Å². The zero-order valence-electron chi connectivity index (χ0n) is 9.40. The van der Waals surface area contributed by atoms with Crippen LogP contribution in [0.5, 0.6) is 0 Å². The van der Waals surface area contributed by atoms with Crippen LogP contribution in [0.4, 0.5) is 4.39 Å². The van der Waals surface area contributed by atoms with E-state index in [9.17, 15) is 14.0 Å². The second-order valence-electron chi connectivity index (χ2n) is 3.74. The van der Waals surface area contributed by atoms with Crippen molar-refractivity contribution in [3.05, 3.63) is 51.7 Å². The van der Waals surface area contributed by atoms with Gasteiger partial charge in [0, 0.05) is 11.8 Å². The minimum absolute atomic E-state index is 0.202. The zero-order chi connectivity index (χ0) is 13.3. The molecule has 5 nitrogen and oxygen atoms in total. The molecule has 0 fully saturated rings. The summed E-state index contributed by atoms with van der Waals surface area (Å²) in [6, 6.07) is 4.24. The molecule has 18 heavy (non-hydrogen) atoms. The lowest BCUT2D eigenvalue weighted by Gasteiger charge is -2.03. The number of carbonyl (C=O) groups is 1. The SMILES string of the molecule is Cc1cc(-c2ncc(C(=O)O)c(=O)[nH]2)ccc1F. The van der Waals surface area contributed by atoms with E-state index in [-0.39, 0.29) is 11.6 Å². The minimum atomic E-state index is -1.34. The topological polar surface area (TPSA) is 83.0 Å². The molecule has 0 aliphatic rings. The second-order valence-corrected chi connectivity index (χ2v) is 3.74. The van der Waals surface area contributed by atoms with Gasteiger partial charge in [-0.25, -0.2) is 14.2 Å². The maximum absolute atomic E-state index is 13.1. The minimum Gasteiger partial charge on any atom is -0.477 e. The van der Waals surface area contributed by atoms with Gasteiger partial charge >= 0.3 is 5.97 Å². The number of benzene rings is 1. The van der Waals surface area contributed by atoms with Crippen LogP contribution in [-0.2, 0) is 0 Å². The molecule has 0 aliphatic carbocycles. The molecule has 0 atom stereocenters. The molecular weight excluding hydrogens is 239 g/mol. The fourth-order valence-electron chi connectivity index (χ4n) is 1.49. The first-order chi connectivity index (χ1) is 8.49. The third kappa shape index (κ3) is 2.13. The van der Waals surface area contributed by atoms with Crippen molar-refractivity contribution in [3.8, 4) is 11.4 Å². The molecule has 2 N–H and O–H groups in total. The van der Waals surface area contributed by atoms with Gasteiger partial charge in [-0.2, -0.15) is 0 Å². The van der Waals surface area contributed by atoms with Crippen LogP contribution >= 0.6 is 0 Å². The Labute approximate surface area is 101 Å². The van der Waals surface area contributed by atoms with Crippen molar-refractivity contribution in [2.75, 3.05) is 0 Å². The number of nitrogens with one attached hydrogen (secondary N) is 1. The summed E-state index contributed by atoms with van der Waals surface area (Å²) in [4.78, 5) is 28.3. The fraction of sp³-hybridized carbons (Fsp3) is 0.0833. The predicted molar refractivity (Wildman–Crippen MR) is 61.9 cm³/mol. The molecular formula is C12H9FN2O3. The molecule has 0 unspecified atom stereocenters. The average Bonchev–Trinajstić information content (AvgIpc) is 2.32. The Morgan fingerprint density at radius 3 is 2.72 bits per heavy atom. The maximum Gasteiger partial charge on any atom is 0.342 e.